The molecular formula is C26H19FN2O5S. The number of benzene rings is 3. The molecule has 1 atom stereocenters. The standard InChI is InChI=1S/C26H19FN2O5S/c1-33-18-10-6-9-16(24(18)34-2)21-20(22(30)14-7-4-3-5-8-14)23(31)25(32)29(21)26-28-17-12-11-15(27)13-19(17)35-26/h3-13,21,30H,1-2H3/t21-/m1/s1. The normalized spacial score (nSPS) is 17.2. The number of nitrogens with zero attached hydrogens (tertiary/aromatic N) is 2. The fourth-order valence-electron chi connectivity index (χ4n) is 4.19. The monoisotopic (exact) mass is 490 g/mol. The molecule has 2 heterocycles. The number of para-hydroxylation sites is 1. The molecule has 1 fully saturated rings. The van der Waals surface area contributed by atoms with E-state index in [1.807, 2.05) is 0 Å². The van der Waals surface area contributed by atoms with Crippen molar-refractivity contribution in [2.24, 2.45) is 0 Å². The Balaban J connectivity index is 1.79. The molecule has 1 amide bonds. The smallest absolute Gasteiger partial charge is 0.301 e. The molecule has 1 aliphatic heterocycles. The first kappa shape index (κ1) is 22.5. The van der Waals surface area contributed by atoms with Crippen LogP contribution >= 0.6 is 11.3 Å². The second kappa shape index (κ2) is 8.84. The highest BCUT2D eigenvalue weighted by atomic mass is 32.1. The summed E-state index contributed by atoms with van der Waals surface area (Å²) >= 11 is 1.07. The summed E-state index contributed by atoms with van der Waals surface area (Å²) in [6, 6.07) is 16.6. The van der Waals surface area contributed by atoms with Crippen molar-refractivity contribution in [3.8, 4) is 11.5 Å². The van der Waals surface area contributed by atoms with Crippen molar-refractivity contribution >= 4 is 44.1 Å². The Morgan fingerprint density at radius 1 is 1.03 bits per heavy atom. The summed E-state index contributed by atoms with van der Waals surface area (Å²) in [6.07, 6.45) is 0. The Hall–Kier alpha value is -4.24. The van der Waals surface area contributed by atoms with Gasteiger partial charge in [0.2, 0.25) is 0 Å². The third kappa shape index (κ3) is 3.70. The van der Waals surface area contributed by atoms with Gasteiger partial charge < -0.3 is 14.6 Å². The maximum atomic E-state index is 13.8. The number of anilines is 1. The minimum Gasteiger partial charge on any atom is -0.507 e. The molecule has 0 saturated carbocycles. The van der Waals surface area contributed by atoms with E-state index in [9.17, 15) is 19.1 Å². The molecule has 1 N–H and O–H groups in total. The SMILES string of the molecule is COc1cccc([C@@H]2C(=C(O)c3ccccc3)C(=O)C(=O)N2c2nc3ccc(F)cc3s2)c1OC. The minimum absolute atomic E-state index is 0.113. The lowest BCUT2D eigenvalue weighted by molar-refractivity contribution is -0.132. The number of hydrogen-bond acceptors (Lipinski definition) is 7. The van der Waals surface area contributed by atoms with Crippen LogP contribution in [0.15, 0.2) is 72.3 Å². The number of carbonyl (C=O) groups is 2. The number of thiazole rings is 1. The van der Waals surface area contributed by atoms with Crippen molar-refractivity contribution in [2.75, 3.05) is 19.1 Å². The van der Waals surface area contributed by atoms with E-state index in [0.29, 0.717) is 32.8 Å². The number of aliphatic hydroxyl groups excluding tert-OH is 1. The highest BCUT2D eigenvalue weighted by molar-refractivity contribution is 7.22. The van der Waals surface area contributed by atoms with E-state index in [-0.39, 0.29) is 16.5 Å². The average molecular weight is 491 g/mol. The lowest BCUT2D eigenvalue weighted by Crippen LogP contribution is -2.29. The molecule has 1 aliphatic rings. The van der Waals surface area contributed by atoms with Crippen molar-refractivity contribution < 1.29 is 28.6 Å². The number of carbonyl (C=O) groups excluding carboxylic acids is 2. The molecular weight excluding hydrogens is 471 g/mol. The van der Waals surface area contributed by atoms with E-state index in [1.54, 1.807) is 48.5 Å². The number of rotatable bonds is 5. The lowest BCUT2D eigenvalue weighted by Gasteiger charge is -2.25. The molecule has 35 heavy (non-hydrogen) atoms. The summed E-state index contributed by atoms with van der Waals surface area (Å²) < 4.78 is 25.4. The molecule has 0 aliphatic carbocycles. The predicted octanol–water partition coefficient (Wildman–Crippen LogP) is 5.08. The number of ketones is 1. The zero-order chi connectivity index (χ0) is 24.7. The van der Waals surface area contributed by atoms with Crippen LogP contribution in [0.3, 0.4) is 0 Å². The van der Waals surface area contributed by atoms with Gasteiger partial charge in [0.15, 0.2) is 16.6 Å². The molecule has 7 nitrogen and oxygen atoms in total. The molecule has 0 spiro atoms. The molecule has 9 heteroatoms. The number of halogens is 1. The summed E-state index contributed by atoms with van der Waals surface area (Å²) in [6.45, 7) is 0. The second-order valence-corrected chi connectivity index (χ2v) is 8.74. The number of aliphatic hydroxyl groups is 1. The topological polar surface area (TPSA) is 89.0 Å². The van der Waals surface area contributed by atoms with Gasteiger partial charge in [0.25, 0.3) is 5.78 Å². The molecule has 0 unspecified atom stereocenters. The Morgan fingerprint density at radius 3 is 2.51 bits per heavy atom. The summed E-state index contributed by atoms with van der Waals surface area (Å²) in [5, 5.41) is 11.4. The van der Waals surface area contributed by atoms with Gasteiger partial charge >= 0.3 is 5.91 Å². The number of aromatic nitrogens is 1. The third-order valence-corrected chi connectivity index (χ3v) is 6.78. The largest absolute Gasteiger partial charge is 0.507 e. The zero-order valence-electron chi connectivity index (χ0n) is 18.7. The highest BCUT2D eigenvalue weighted by Gasteiger charge is 2.49. The maximum Gasteiger partial charge on any atom is 0.301 e. The van der Waals surface area contributed by atoms with Crippen LogP contribution < -0.4 is 14.4 Å². The zero-order valence-corrected chi connectivity index (χ0v) is 19.5. The van der Waals surface area contributed by atoms with E-state index >= 15 is 0 Å². The van der Waals surface area contributed by atoms with Gasteiger partial charge in [0.1, 0.15) is 17.6 Å². The van der Waals surface area contributed by atoms with Crippen LogP contribution in [0.5, 0.6) is 11.5 Å². The Kier molecular flexibility index (Phi) is 5.70. The maximum absolute atomic E-state index is 13.8. The molecule has 5 rings (SSSR count). The van der Waals surface area contributed by atoms with E-state index in [1.165, 1.54) is 37.3 Å². The molecule has 176 valence electrons. The quantitative estimate of drug-likeness (QED) is 0.239. The van der Waals surface area contributed by atoms with E-state index in [2.05, 4.69) is 4.98 Å². The summed E-state index contributed by atoms with van der Waals surface area (Å²) in [5.74, 6) is -1.80. The van der Waals surface area contributed by atoms with E-state index in [0.717, 1.165) is 11.3 Å². The lowest BCUT2D eigenvalue weighted by atomic mass is 9.94. The molecule has 3 aromatic carbocycles. The number of amides is 1. The summed E-state index contributed by atoms with van der Waals surface area (Å²) in [7, 11) is 2.93. The van der Waals surface area contributed by atoms with Gasteiger partial charge in [-0.3, -0.25) is 14.5 Å². The molecule has 4 aromatic rings. The van der Waals surface area contributed by atoms with Crippen LogP contribution in [0, 0.1) is 5.82 Å². The Labute approximate surface area is 203 Å². The van der Waals surface area contributed by atoms with Crippen molar-refractivity contribution in [1.29, 1.82) is 0 Å². The molecule has 0 radical (unpaired) electrons. The fourth-order valence-corrected chi connectivity index (χ4v) is 5.21. The molecule has 1 aromatic heterocycles. The second-order valence-electron chi connectivity index (χ2n) is 7.73. The van der Waals surface area contributed by atoms with Gasteiger partial charge in [-0.1, -0.05) is 53.8 Å². The average Bonchev–Trinajstić information content (AvgIpc) is 3.41. The van der Waals surface area contributed by atoms with Gasteiger partial charge in [-0.05, 0) is 24.3 Å². The van der Waals surface area contributed by atoms with Crippen LogP contribution in [0.1, 0.15) is 17.2 Å². The number of hydrogen-bond donors (Lipinski definition) is 1. The molecule has 1 saturated heterocycles. The number of ether oxygens (including phenoxy) is 2. The van der Waals surface area contributed by atoms with Gasteiger partial charge in [0.05, 0.1) is 30.0 Å². The number of fused-ring (bicyclic) bond motifs is 1. The Morgan fingerprint density at radius 2 is 1.80 bits per heavy atom. The van der Waals surface area contributed by atoms with Gasteiger partial charge in [-0.15, -0.1) is 0 Å². The van der Waals surface area contributed by atoms with Crippen LogP contribution in [0.2, 0.25) is 0 Å². The summed E-state index contributed by atoms with van der Waals surface area (Å²) in [5.41, 5.74) is 1.17. The fraction of sp³-hybridized carbons (Fsp3) is 0.115. The first-order valence-electron chi connectivity index (χ1n) is 10.6. The minimum atomic E-state index is -1.06. The van der Waals surface area contributed by atoms with E-state index < -0.39 is 23.5 Å². The predicted molar refractivity (Wildman–Crippen MR) is 130 cm³/mol. The van der Waals surface area contributed by atoms with Crippen LogP contribution in [-0.2, 0) is 9.59 Å². The van der Waals surface area contributed by atoms with Crippen molar-refractivity contribution in [1.82, 2.24) is 4.98 Å². The van der Waals surface area contributed by atoms with Crippen molar-refractivity contribution in [2.45, 2.75) is 6.04 Å². The van der Waals surface area contributed by atoms with Crippen molar-refractivity contribution in [3.05, 3.63) is 89.2 Å². The van der Waals surface area contributed by atoms with Crippen LogP contribution in [0.4, 0.5) is 9.52 Å². The van der Waals surface area contributed by atoms with Crippen molar-refractivity contribution in [3.63, 3.8) is 0 Å². The number of methoxy groups -OCH3 is 2. The first-order valence-corrected chi connectivity index (χ1v) is 11.4. The van der Waals surface area contributed by atoms with Gasteiger partial charge in [0, 0.05) is 11.1 Å². The van der Waals surface area contributed by atoms with Gasteiger partial charge in [-0.25, -0.2) is 9.37 Å². The highest BCUT2D eigenvalue weighted by Crippen LogP contribution is 2.48. The van der Waals surface area contributed by atoms with Crippen LogP contribution in [0.25, 0.3) is 16.0 Å². The van der Waals surface area contributed by atoms with E-state index in [4.69, 9.17) is 9.47 Å². The first-order chi connectivity index (χ1) is 16.9. The Bertz CT molecular complexity index is 1500. The van der Waals surface area contributed by atoms with Gasteiger partial charge in [-0.2, -0.15) is 0 Å². The number of Topliss-reactive ketones (excluding diaryl/α,β-unsaturated/α-hetero) is 1. The molecule has 0 bridgehead atoms. The third-order valence-electron chi connectivity index (χ3n) is 5.76. The summed E-state index contributed by atoms with van der Waals surface area (Å²) in [4.78, 5) is 32.4. The van der Waals surface area contributed by atoms with Crippen LogP contribution in [-0.4, -0.2) is 36.0 Å².